The summed E-state index contributed by atoms with van der Waals surface area (Å²) in [5, 5.41) is 50.2. The van der Waals surface area contributed by atoms with Crippen LogP contribution in [0.4, 0.5) is 0 Å². The monoisotopic (exact) mass is 911 g/mol. The van der Waals surface area contributed by atoms with E-state index in [0.717, 1.165) is 83.5 Å². The van der Waals surface area contributed by atoms with Gasteiger partial charge in [0.05, 0.1) is 6.61 Å². The Labute approximate surface area is 378 Å². The fourth-order valence-corrected chi connectivity index (χ4v) is 7.69. The summed E-state index contributed by atoms with van der Waals surface area (Å²) < 4.78 is 33.5. The number of hydrogen-bond acceptors (Lipinski definition) is 12. The molecule has 0 amide bonds. The lowest BCUT2D eigenvalue weighted by Gasteiger charge is -2.41. The average Bonchev–Trinajstić information content (AvgIpc) is 3.26. The van der Waals surface area contributed by atoms with Gasteiger partial charge in [0.1, 0.15) is 43.2 Å². The molecule has 0 bridgehead atoms. The molecule has 1 fully saturated rings. The van der Waals surface area contributed by atoms with Crippen molar-refractivity contribution in [2.75, 3.05) is 13.2 Å². The molecule has 1 saturated carbocycles. The Morgan fingerprint density at radius 2 is 0.905 bits per heavy atom. The summed E-state index contributed by atoms with van der Waals surface area (Å²) in [5.41, 5.74) is 0. The van der Waals surface area contributed by atoms with Crippen molar-refractivity contribution in [3.8, 4) is 0 Å². The van der Waals surface area contributed by atoms with Gasteiger partial charge in [-0.15, -0.1) is 0 Å². The van der Waals surface area contributed by atoms with Crippen LogP contribution in [-0.2, 0) is 32.7 Å². The first kappa shape index (κ1) is 58.3. The molecule has 0 aromatic carbocycles. The summed E-state index contributed by atoms with van der Waals surface area (Å²) >= 11 is 0. The molecule has 0 radical (unpaired) electrons. The zero-order valence-electron chi connectivity index (χ0n) is 38.3. The Balaban J connectivity index is 2.48. The van der Waals surface area contributed by atoms with Crippen LogP contribution in [0, 0.1) is 0 Å². The number of unbranched alkanes of at least 4 members (excludes halogenated alkanes) is 14. The third-order valence-electron chi connectivity index (χ3n) is 10.5. The molecule has 13 nitrogen and oxygen atoms in total. The summed E-state index contributed by atoms with van der Waals surface area (Å²) in [7, 11) is -5.13. The number of aliphatic hydroxyl groups excluding tert-OH is 5. The quantitative estimate of drug-likeness (QED) is 0.0148. The van der Waals surface area contributed by atoms with Gasteiger partial charge in [0.25, 0.3) is 0 Å². The fourth-order valence-electron chi connectivity index (χ4n) is 6.72. The van der Waals surface area contributed by atoms with E-state index < -0.39 is 75.7 Å². The van der Waals surface area contributed by atoms with Crippen LogP contribution in [-0.4, -0.2) is 98.3 Å². The molecule has 0 aromatic rings. The zero-order chi connectivity index (χ0) is 46.4. The van der Waals surface area contributed by atoms with Gasteiger partial charge in [0, 0.05) is 12.8 Å². The van der Waals surface area contributed by atoms with Crippen molar-refractivity contribution in [2.24, 2.45) is 0 Å². The minimum atomic E-state index is -5.13. The van der Waals surface area contributed by atoms with Gasteiger partial charge < -0.3 is 39.9 Å². The molecule has 14 heteroatoms. The molecule has 8 atom stereocenters. The third-order valence-corrected chi connectivity index (χ3v) is 11.5. The highest BCUT2D eigenvalue weighted by molar-refractivity contribution is 7.47. The minimum Gasteiger partial charge on any atom is -0.462 e. The van der Waals surface area contributed by atoms with Gasteiger partial charge in [0.2, 0.25) is 0 Å². The van der Waals surface area contributed by atoms with Crippen LogP contribution in [0.15, 0.2) is 72.9 Å². The summed E-state index contributed by atoms with van der Waals surface area (Å²) in [6, 6.07) is 0. The third kappa shape index (κ3) is 31.0. The van der Waals surface area contributed by atoms with Crippen LogP contribution in [0.25, 0.3) is 0 Å². The van der Waals surface area contributed by atoms with Crippen molar-refractivity contribution in [3.63, 3.8) is 0 Å². The van der Waals surface area contributed by atoms with E-state index >= 15 is 0 Å². The van der Waals surface area contributed by atoms with Crippen LogP contribution in [0.2, 0.25) is 0 Å². The van der Waals surface area contributed by atoms with Gasteiger partial charge >= 0.3 is 19.8 Å². The molecular formula is C49H83O13P. The van der Waals surface area contributed by atoms with Crippen molar-refractivity contribution in [1.82, 2.24) is 0 Å². The predicted molar refractivity (Wildman–Crippen MR) is 249 cm³/mol. The highest BCUT2D eigenvalue weighted by Crippen LogP contribution is 2.47. The number of esters is 2. The maximum Gasteiger partial charge on any atom is 0.472 e. The molecule has 1 aliphatic rings. The number of phosphoric ester groups is 1. The Morgan fingerprint density at radius 1 is 0.508 bits per heavy atom. The van der Waals surface area contributed by atoms with Crippen LogP contribution in [0.5, 0.6) is 0 Å². The molecule has 0 saturated heterocycles. The lowest BCUT2D eigenvalue weighted by molar-refractivity contribution is -0.220. The predicted octanol–water partition coefficient (Wildman–Crippen LogP) is 9.50. The van der Waals surface area contributed by atoms with E-state index in [9.17, 15) is 44.6 Å². The normalized spacial score (nSPS) is 22.3. The second-order valence-corrected chi connectivity index (χ2v) is 17.6. The number of aliphatic hydroxyl groups is 5. The molecule has 1 rings (SSSR count). The van der Waals surface area contributed by atoms with Gasteiger partial charge in [-0.3, -0.25) is 18.6 Å². The number of ether oxygens (including phenoxy) is 2. The first-order valence-electron chi connectivity index (χ1n) is 23.7. The van der Waals surface area contributed by atoms with Gasteiger partial charge in [-0.1, -0.05) is 145 Å². The lowest BCUT2D eigenvalue weighted by atomic mass is 9.85. The van der Waals surface area contributed by atoms with E-state index in [1.165, 1.54) is 44.9 Å². The largest absolute Gasteiger partial charge is 0.472 e. The second-order valence-electron chi connectivity index (χ2n) is 16.2. The van der Waals surface area contributed by atoms with Gasteiger partial charge in [-0.25, -0.2) is 4.57 Å². The summed E-state index contributed by atoms with van der Waals surface area (Å²) in [4.78, 5) is 35.7. The highest BCUT2D eigenvalue weighted by atomic mass is 31.2. The topological polar surface area (TPSA) is 210 Å². The number of allylic oxidation sites excluding steroid dienone is 12. The molecule has 63 heavy (non-hydrogen) atoms. The molecule has 1 aliphatic carbocycles. The lowest BCUT2D eigenvalue weighted by Crippen LogP contribution is -2.64. The first-order chi connectivity index (χ1) is 30.4. The Hall–Kier alpha value is -2.71. The van der Waals surface area contributed by atoms with E-state index in [1.54, 1.807) is 0 Å². The number of hydrogen-bond donors (Lipinski definition) is 6. The maximum atomic E-state index is 12.8. The number of phosphoric acid groups is 1. The first-order valence-corrected chi connectivity index (χ1v) is 25.2. The fraction of sp³-hybridized carbons (Fsp3) is 0.714. The van der Waals surface area contributed by atoms with E-state index in [2.05, 4.69) is 86.8 Å². The van der Waals surface area contributed by atoms with Crippen LogP contribution < -0.4 is 0 Å². The van der Waals surface area contributed by atoms with Crippen molar-refractivity contribution in [2.45, 2.75) is 211 Å². The van der Waals surface area contributed by atoms with E-state index in [-0.39, 0.29) is 12.8 Å². The second kappa shape index (κ2) is 38.5. The van der Waals surface area contributed by atoms with E-state index in [0.29, 0.717) is 12.8 Å². The molecule has 0 aromatic heterocycles. The van der Waals surface area contributed by atoms with E-state index in [4.69, 9.17) is 18.5 Å². The standard InChI is InChI=1S/C49H83O13P/c1-3-5-7-9-11-13-15-17-19-20-21-22-24-26-28-30-32-34-36-38-43(51)61-41(40-60-63(57,58)62-49-47(55)45(53)44(52)46(54)48(49)56)39-59-42(50)37-35-33-31-29-27-25-23-18-16-14-12-10-8-6-4-2/h5,7,11,13-14,16-17,19,21-22,26,28,41,44-49,52-56H,3-4,6,8-10,12,15,18,20,23-25,27,29-40H2,1-2H3,(H,57,58)/b7-5+,13-11+,16-14+,19-17+,22-21+,28-26+/t41-,44?,45-,46?,47?,48?,49?/m1/s1. The van der Waals surface area contributed by atoms with Crippen LogP contribution in [0.3, 0.4) is 0 Å². The molecule has 6 N–H and O–H groups in total. The van der Waals surface area contributed by atoms with Crippen molar-refractivity contribution >= 4 is 19.8 Å². The smallest absolute Gasteiger partial charge is 0.462 e. The Kier molecular flexibility index (Phi) is 35.7. The molecule has 0 spiro atoms. The maximum absolute atomic E-state index is 12.8. The number of carbonyl (C=O) groups excluding carboxylic acids is 2. The van der Waals surface area contributed by atoms with Gasteiger partial charge in [0.15, 0.2) is 6.10 Å². The molecular weight excluding hydrogens is 828 g/mol. The van der Waals surface area contributed by atoms with E-state index in [1.807, 2.05) is 0 Å². The van der Waals surface area contributed by atoms with Gasteiger partial charge in [-0.2, -0.15) is 0 Å². The van der Waals surface area contributed by atoms with Crippen molar-refractivity contribution < 1.29 is 63.1 Å². The average molecular weight is 911 g/mol. The summed E-state index contributed by atoms with van der Waals surface area (Å²) in [6.07, 6.45) is 35.2. The highest BCUT2D eigenvalue weighted by Gasteiger charge is 2.51. The minimum absolute atomic E-state index is 0.0534. The molecule has 0 heterocycles. The summed E-state index contributed by atoms with van der Waals surface area (Å²) in [6.45, 7) is 3.14. The van der Waals surface area contributed by atoms with Crippen molar-refractivity contribution in [1.29, 1.82) is 0 Å². The van der Waals surface area contributed by atoms with Crippen LogP contribution in [0.1, 0.15) is 168 Å². The van der Waals surface area contributed by atoms with Crippen molar-refractivity contribution in [3.05, 3.63) is 72.9 Å². The van der Waals surface area contributed by atoms with Gasteiger partial charge in [-0.05, 0) is 83.5 Å². The molecule has 0 aliphatic heterocycles. The van der Waals surface area contributed by atoms with Crippen LogP contribution >= 0.6 is 7.82 Å². The Bertz CT molecular complexity index is 1380. The summed E-state index contributed by atoms with van der Waals surface area (Å²) in [5.74, 6) is -1.15. The molecule has 362 valence electrons. The Morgan fingerprint density at radius 3 is 1.41 bits per heavy atom. The number of carbonyl (C=O) groups is 2. The molecule has 6 unspecified atom stereocenters. The zero-order valence-corrected chi connectivity index (χ0v) is 39.2. The SMILES string of the molecule is CC/C=C/C/C=C/C/C=C/C/C=C/C/C=C/CCCCCC(=O)O[C@H](COC(=O)CCCCCCCCC/C=C/CCCCCC)COP(=O)(O)OC1C(O)C(O)C(O)[C@@H](O)C1O. The number of rotatable bonds is 38.